The van der Waals surface area contributed by atoms with E-state index in [9.17, 15) is 14.9 Å². The van der Waals surface area contributed by atoms with E-state index in [2.05, 4.69) is 0 Å². The molecule has 1 N–H and O–H groups in total. The molecule has 1 aromatic carbocycles. The summed E-state index contributed by atoms with van der Waals surface area (Å²) >= 11 is 1.29. The van der Waals surface area contributed by atoms with Gasteiger partial charge in [-0.05, 0) is 30.4 Å². The number of thioether (sulfide) groups is 1. The number of nitrogens with zero attached hydrogens (tertiary/aromatic N) is 2. The highest BCUT2D eigenvalue weighted by molar-refractivity contribution is 7.99. The van der Waals surface area contributed by atoms with Gasteiger partial charge in [-0.2, -0.15) is 5.26 Å². The topological polar surface area (TPSA) is 104 Å². The highest BCUT2D eigenvalue weighted by Crippen LogP contribution is 2.52. The van der Waals surface area contributed by atoms with E-state index >= 15 is 0 Å². The fraction of sp³-hybridized carbons (Fsp3) is 0.385. The number of hydrogen-bond donors (Lipinski definition) is 1. The maximum Gasteiger partial charge on any atom is 0.303 e. The van der Waals surface area contributed by atoms with Crippen molar-refractivity contribution < 1.29 is 14.8 Å². The van der Waals surface area contributed by atoms with Crippen LogP contribution in [0.2, 0.25) is 0 Å². The predicted octanol–water partition coefficient (Wildman–Crippen LogP) is 2.81. The van der Waals surface area contributed by atoms with Gasteiger partial charge in [0.25, 0.3) is 5.69 Å². The number of hydrogen-bond acceptors (Lipinski definition) is 5. The molecule has 0 atom stereocenters. The molecule has 0 aliphatic heterocycles. The first-order chi connectivity index (χ1) is 9.46. The third-order valence-corrected chi connectivity index (χ3v) is 4.71. The fourth-order valence-electron chi connectivity index (χ4n) is 1.95. The van der Waals surface area contributed by atoms with Crippen LogP contribution in [0.15, 0.2) is 23.1 Å². The number of nitriles is 1. The SMILES string of the molecule is N#Cc1ccc(SCC2(CC(=O)O)CC2)c([N+](=O)[O-])c1. The van der Waals surface area contributed by atoms with Crippen LogP contribution >= 0.6 is 11.8 Å². The second-order valence-electron chi connectivity index (χ2n) is 4.91. The van der Waals surface area contributed by atoms with Crippen LogP contribution in [-0.2, 0) is 4.79 Å². The number of carbonyl (C=O) groups is 1. The zero-order chi connectivity index (χ0) is 14.8. The van der Waals surface area contributed by atoms with Crippen molar-refractivity contribution in [1.29, 1.82) is 5.26 Å². The van der Waals surface area contributed by atoms with Crippen molar-refractivity contribution in [2.24, 2.45) is 5.41 Å². The molecule has 2 rings (SSSR count). The molecule has 0 saturated heterocycles. The molecular weight excluding hydrogens is 280 g/mol. The van der Waals surface area contributed by atoms with Crippen LogP contribution in [0.3, 0.4) is 0 Å². The number of rotatable bonds is 6. The van der Waals surface area contributed by atoms with Crippen molar-refractivity contribution >= 4 is 23.4 Å². The molecule has 104 valence electrons. The van der Waals surface area contributed by atoms with Gasteiger partial charge in [0.05, 0.1) is 27.9 Å². The molecule has 0 unspecified atom stereocenters. The third-order valence-electron chi connectivity index (χ3n) is 3.30. The number of carboxylic acid groups (broad SMARTS) is 1. The molecule has 7 heteroatoms. The second kappa shape index (κ2) is 5.51. The van der Waals surface area contributed by atoms with Gasteiger partial charge in [0.1, 0.15) is 0 Å². The van der Waals surface area contributed by atoms with Crippen LogP contribution in [0.5, 0.6) is 0 Å². The van der Waals surface area contributed by atoms with E-state index in [1.54, 1.807) is 6.07 Å². The summed E-state index contributed by atoms with van der Waals surface area (Å²) in [7, 11) is 0. The maximum absolute atomic E-state index is 11.0. The molecule has 0 radical (unpaired) electrons. The molecule has 1 fully saturated rings. The Morgan fingerprint density at radius 3 is 2.75 bits per heavy atom. The molecule has 1 aliphatic rings. The van der Waals surface area contributed by atoms with Gasteiger partial charge in [-0.1, -0.05) is 0 Å². The Morgan fingerprint density at radius 2 is 2.25 bits per heavy atom. The average molecular weight is 292 g/mol. The molecule has 1 aromatic rings. The van der Waals surface area contributed by atoms with Crippen molar-refractivity contribution in [1.82, 2.24) is 0 Å². The molecule has 20 heavy (non-hydrogen) atoms. The first kappa shape index (κ1) is 14.3. The molecule has 0 bridgehead atoms. The summed E-state index contributed by atoms with van der Waals surface area (Å²) in [6, 6.07) is 6.21. The van der Waals surface area contributed by atoms with E-state index in [1.165, 1.54) is 23.9 Å². The second-order valence-corrected chi connectivity index (χ2v) is 5.93. The lowest BCUT2D eigenvalue weighted by molar-refractivity contribution is -0.387. The van der Waals surface area contributed by atoms with Gasteiger partial charge in [-0.15, -0.1) is 11.8 Å². The first-order valence-corrected chi connectivity index (χ1v) is 6.97. The summed E-state index contributed by atoms with van der Waals surface area (Å²) in [5.74, 6) is -0.288. The van der Waals surface area contributed by atoms with Crippen LogP contribution in [0.1, 0.15) is 24.8 Å². The van der Waals surface area contributed by atoms with E-state index in [0.29, 0.717) is 10.6 Å². The van der Waals surface area contributed by atoms with Crippen molar-refractivity contribution in [2.75, 3.05) is 5.75 Å². The van der Waals surface area contributed by atoms with Gasteiger partial charge >= 0.3 is 5.97 Å². The zero-order valence-corrected chi connectivity index (χ0v) is 11.4. The van der Waals surface area contributed by atoms with Crippen LogP contribution in [-0.4, -0.2) is 21.8 Å². The van der Waals surface area contributed by atoms with E-state index in [-0.39, 0.29) is 23.1 Å². The summed E-state index contributed by atoms with van der Waals surface area (Å²) < 4.78 is 0. The van der Waals surface area contributed by atoms with Crippen LogP contribution in [0.25, 0.3) is 0 Å². The predicted molar refractivity (Wildman–Crippen MR) is 72.5 cm³/mol. The third kappa shape index (κ3) is 3.27. The summed E-state index contributed by atoms with van der Waals surface area (Å²) in [4.78, 5) is 21.7. The Labute approximate surface area is 119 Å². The van der Waals surface area contributed by atoms with E-state index < -0.39 is 10.9 Å². The number of benzene rings is 1. The number of carboxylic acids is 1. The van der Waals surface area contributed by atoms with Crippen LogP contribution in [0.4, 0.5) is 5.69 Å². The highest BCUT2D eigenvalue weighted by atomic mass is 32.2. The monoisotopic (exact) mass is 292 g/mol. The van der Waals surface area contributed by atoms with Crippen molar-refractivity contribution in [2.45, 2.75) is 24.2 Å². The Hall–Kier alpha value is -2.07. The minimum Gasteiger partial charge on any atom is -0.481 e. The lowest BCUT2D eigenvalue weighted by Gasteiger charge is -2.11. The number of aliphatic carboxylic acids is 1. The van der Waals surface area contributed by atoms with Crippen molar-refractivity contribution in [3.63, 3.8) is 0 Å². The molecule has 0 aromatic heterocycles. The smallest absolute Gasteiger partial charge is 0.303 e. The molecule has 1 aliphatic carbocycles. The lowest BCUT2D eigenvalue weighted by atomic mass is 10.1. The summed E-state index contributed by atoms with van der Waals surface area (Å²) in [5.41, 5.74) is -0.0777. The average Bonchev–Trinajstić information content (AvgIpc) is 3.15. The van der Waals surface area contributed by atoms with Crippen LogP contribution in [0, 0.1) is 26.9 Å². The van der Waals surface area contributed by atoms with Crippen molar-refractivity contribution in [3.05, 3.63) is 33.9 Å². The lowest BCUT2D eigenvalue weighted by Crippen LogP contribution is -2.11. The van der Waals surface area contributed by atoms with Crippen LogP contribution < -0.4 is 0 Å². The van der Waals surface area contributed by atoms with Gasteiger partial charge in [0.2, 0.25) is 0 Å². The molecule has 0 spiro atoms. The fourth-order valence-corrected chi connectivity index (χ4v) is 3.25. The van der Waals surface area contributed by atoms with E-state index in [0.717, 1.165) is 12.8 Å². The van der Waals surface area contributed by atoms with E-state index in [1.807, 2.05) is 6.07 Å². The summed E-state index contributed by atoms with van der Waals surface area (Å²) in [6.07, 6.45) is 1.79. The molecule has 0 heterocycles. The molecule has 6 nitrogen and oxygen atoms in total. The first-order valence-electron chi connectivity index (χ1n) is 5.99. The van der Waals surface area contributed by atoms with Gasteiger partial charge in [-0.25, -0.2) is 0 Å². The number of nitro benzene ring substituents is 1. The standard InChI is InChI=1S/C13H12N2O4S/c14-7-9-1-2-11(10(5-9)15(18)19)20-8-13(3-4-13)6-12(16)17/h1-2,5H,3-4,6,8H2,(H,16,17). The summed E-state index contributed by atoms with van der Waals surface area (Å²) in [6.45, 7) is 0. The Morgan fingerprint density at radius 1 is 1.55 bits per heavy atom. The van der Waals surface area contributed by atoms with Gasteiger partial charge < -0.3 is 5.11 Å². The zero-order valence-electron chi connectivity index (χ0n) is 10.5. The highest BCUT2D eigenvalue weighted by Gasteiger charge is 2.44. The molecule has 0 amide bonds. The van der Waals surface area contributed by atoms with Crippen molar-refractivity contribution in [3.8, 4) is 6.07 Å². The normalized spacial score (nSPS) is 15.3. The van der Waals surface area contributed by atoms with Gasteiger partial charge in [0.15, 0.2) is 0 Å². The number of nitro groups is 1. The molecule has 1 saturated carbocycles. The quantitative estimate of drug-likeness (QED) is 0.491. The Balaban J connectivity index is 2.12. The Bertz CT molecular complexity index is 605. The largest absolute Gasteiger partial charge is 0.481 e. The molecular formula is C13H12N2O4S. The van der Waals surface area contributed by atoms with Gasteiger partial charge in [-0.3, -0.25) is 14.9 Å². The van der Waals surface area contributed by atoms with Gasteiger partial charge in [0, 0.05) is 11.8 Å². The maximum atomic E-state index is 11.0. The summed E-state index contributed by atoms with van der Waals surface area (Å²) in [5, 5.41) is 28.6. The minimum atomic E-state index is -0.836. The minimum absolute atomic E-state index is 0.0971. The Kier molecular flexibility index (Phi) is 3.95. The van der Waals surface area contributed by atoms with E-state index in [4.69, 9.17) is 10.4 Å².